The molecule has 9 heteroatoms. The van der Waals surface area contributed by atoms with Gasteiger partial charge in [-0.25, -0.2) is 0 Å². The molecule has 0 aliphatic heterocycles. The summed E-state index contributed by atoms with van der Waals surface area (Å²) in [7, 11) is 0. The molecule has 0 saturated carbocycles. The van der Waals surface area contributed by atoms with E-state index >= 15 is 0 Å². The van der Waals surface area contributed by atoms with Crippen molar-refractivity contribution in [1.29, 1.82) is 0 Å². The van der Waals surface area contributed by atoms with Gasteiger partial charge in [-0.1, -0.05) is 78.9 Å². The van der Waals surface area contributed by atoms with Gasteiger partial charge in [0.25, 0.3) is 0 Å². The first kappa shape index (κ1) is 38.2. The zero-order valence-electron chi connectivity index (χ0n) is 30.3. The van der Waals surface area contributed by atoms with Crippen molar-refractivity contribution in [2.45, 2.75) is 75.9 Å². The Kier molecular flexibility index (Phi) is 12.7. The van der Waals surface area contributed by atoms with Crippen LogP contribution in [0.1, 0.15) is 77.3 Å². The van der Waals surface area contributed by atoms with Crippen LogP contribution in [-0.4, -0.2) is 44.2 Å². The van der Waals surface area contributed by atoms with Crippen molar-refractivity contribution in [2.75, 3.05) is 6.73 Å². The van der Waals surface area contributed by atoms with Crippen molar-refractivity contribution >= 4 is 5.78 Å². The molecule has 0 spiro atoms. The molecule has 0 heterocycles. The number of rotatable bonds is 17. The number of ketones is 1. The summed E-state index contributed by atoms with van der Waals surface area (Å²) in [6.45, 7) is -0.0343. The summed E-state index contributed by atoms with van der Waals surface area (Å²) in [4.78, 5) is 13.3. The first-order chi connectivity index (χ1) is 26.2. The molecule has 282 valence electrons. The summed E-state index contributed by atoms with van der Waals surface area (Å²) >= 11 is 0. The van der Waals surface area contributed by atoms with E-state index in [1.807, 2.05) is 42.5 Å². The second kappa shape index (κ2) is 18.0. The Labute approximate surface area is 316 Å². The van der Waals surface area contributed by atoms with E-state index in [4.69, 9.17) is 15.2 Å². The van der Waals surface area contributed by atoms with Gasteiger partial charge in [0, 0.05) is 18.4 Å². The van der Waals surface area contributed by atoms with Gasteiger partial charge in [-0.05, 0) is 114 Å². The van der Waals surface area contributed by atoms with Crippen LogP contribution in [-0.2, 0) is 30.7 Å². The number of phenols is 4. The zero-order chi connectivity index (χ0) is 38.0. The topological polar surface area (TPSA) is 163 Å². The van der Waals surface area contributed by atoms with Gasteiger partial charge < -0.3 is 35.0 Å². The summed E-state index contributed by atoms with van der Waals surface area (Å²) in [5.74, 6) is -0.502. The number of aliphatic hydroxyl groups is 1. The standard InChI is InChI=1S/C45H49NO8/c46-28-54-42-22-31(16-19-40(42)50)15-18-36(48)24-37(49)25-38-34(20-30-10-5-2-6-11-30)23-33(17-14-29-8-3-1-4-9-29)43-39(38)26-41(51)44(52)45(43)53-27-32-12-7-13-35(47)21-32/h1-13,16,19,21-22,26,33-34,37-38,47,49-52H,14-15,17-18,20,23-25,27-28,46H2/t33-,34-,37+,38-/m1/s1. The van der Waals surface area contributed by atoms with Crippen LogP contribution in [0.15, 0.2) is 109 Å². The van der Waals surface area contributed by atoms with Crippen LogP contribution in [0.5, 0.6) is 34.5 Å². The number of hydrogen-bond acceptors (Lipinski definition) is 9. The highest BCUT2D eigenvalue weighted by atomic mass is 16.5. The van der Waals surface area contributed by atoms with Crippen molar-refractivity contribution in [3.63, 3.8) is 0 Å². The van der Waals surface area contributed by atoms with Gasteiger partial charge in [-0.15, -0.1) is 0 Å². The Bertz CT molecular complexity index is 2000. The molecule has 4 atom stereocenters. The predicted molar refractivity (Wildman–Crippen MR) is 207 cm³/mol. The molecule has 1 aliphatic carbocycles. The number of hydrogen-bond donors (Lipinski definition) is 6. The van der Waals surface area contributed by atoms with Crippen LogP contribution in [0, 0.1) is 5.92 Å². The van der Waals surface area contributed by atoms with E-state index in [2.05, 4.69) is 24.3 Å². The maximum atomic E-state index is 13.3. The van der Waals surface area contributed by atoms with Crippen LogP contribution in [0.3, 0.4) is 0 Å². The number of aromatic hydroxyl groups is 4. The van der Waals surface area contributed by atoms with Crippen molar-refractivity contribution in [1.82, 2.24) is 0 Å². The van der Waals surface area contributed by atoms with E-state index in [0.717, 1.165) is 47.9 Å². The monoisotopic (exact) mass is 731 g/mol. The van der Waals surface area contributed by atoms with Crippen LogP contribution < -0.4 is 15.2 Å². The van der Waals surface area contributed by atoms with Gasteiger partial charge >= 0.3 is 0 Å². The number of phenolic OH excluding ortho intramolecular Hbond substituents is 4. The highest BCUT2D eigenvalue weighted by Crippen LogP contribution is 2.55. The summed E-state index contributed by atoms with van der Waals surface area (Å²) in [5.41, 5.74) is 10.9. The minimum Gasteiger partial charge on any atom is -0.508 e. The molecule has 0 fully saturated rings. The number of Topliss-reactive ketones (excluding diaryl/α,β-unsaturated/α-hetero) is 1. The number of benzene rings is 5. The van der Waals surface area contributed by atoms with Crippen LogP contribution in [0.2, 0.25) is 0 Å². The van der Waals surface area contributed by atoms with Crippen LogP contribution >= 0.6 is 0 Å². The van der Waals surface area contributed by atoms with Gasteiger partial charge in [0.2, 0.25) is 5.75 Å². The molecule has 54 heavy (non-hydrogen) atoms. The minimum absolute atomic E-state index is 0.0293. The summed E-state index contributed by atoms with van der Waals surface area (Å²) in [5, 5.41) is 54.2. The first-order valence-electron chi connectivity index (χ1n) is 18.6. The molecule has 0 saturated heterocycles. The van der Waals surface area contributed by atoms with Gasteiger partial charge in [0.1, 0.15) is 24.9 Å². The normalized spacial score (nSPS) is 17.0. The Balaban J connectivity index is 1.30. The first-order valence-corrected chi connectivity index (χ1v) is 18.6. The summed E-state index contributed by atoms with van der Waals surface area (Å²) in [6, 6.07) is 33.7. The van der Waals surface area contributed by atoms with Crippen molar-refractivity contribution < 1.29 is 39.8 Å². The fourth-order valence-electron chi connectivity index (χ4n) is 7.90. The zero-order valence-corrected chi connectivity index (χ0v) is 30.3. The average Bonchev–Trinajstić information content (AvgIpc) is 3.16. The molecule has 6 rings (SSSR count). The lowest BCUT2D eigenvalue weighted by Crippen LogP contribution is -2.30. The Morgan fingerprint density at radius 3 is 2.20 bits per heavy atom. The lowest BCUT2D eigenvalue weighted by atomic mass is 9.65. The molecule has 5 aromatic rings. The lowest BCUT2D eigenvalue weighted by Gasteiger charge is -2.40. The number of nitrogens with two attached hydrogens (primary N) is 1. The quantitative estimate of drug-likeness (QED) is 0.0414. The summed E-state index contributed by atoms with van der Waals surface area (Å²) in [6.07, 6.45) is 2.88. The average molecular weight is 732 g/mol. The second-order valence-corrected chi connectivity index (χ2v) is 14.3. The third kappa shape index (κ3) is 9.72. The molecule has 1 aliphatic rings. The third-order valence-electron chi connectivity index (χ3n) is 10.5. The SMILES string of the molecule is NCOc1cc(CCC(=O)C[C@H](O)C[C@H]2c3cc(O)c(O)c(OCc4cccc(O)c4)c3[C@H](CCc3ccccc3)C[C@H]2Cc2ccccc2)ccc1O. The predicted octanol–water partition coefficient (Wildman–Crippen LogP) is 7.79. The van der Waals surface area contributed by atoms with Crippen LogP contribution in [0.4, 0.5) is 0 Å². The van der Waals surface area contributed by atoms with E-state index in [1.54, 1.807) is 36.4 Å². The highest BCUT2D eigenvalue weighted by Gasteiger charge is 2.40. The highest BCUT2D eigenvalue weighted by molar-refractivity contribution is 5.79. The molecule has 5 aromatic carbocycles. The van der Waals surface area contributed by atoms with E-state index in [1.165, 1.54) is 11.6 Å². The molecule has 0 aromatic heterocycles. The second-order valence-electron chi connectivity index (χ2n) is 14.3. The van der Waals surface area contributed by atoms with E-state index in [0.29, 0.717) is 12.0 Å². The number of aliphatic hydroxyl groups excluding tert-OH is 1. The maximum Gasteiger partial charge on any atom is 0.200 e. The van der Waals surface area contributed by atoms with Gasteiger partial charge in [-0.3, -0.25) is 10.5 Å². The number of carbonyl (C=O) groups is 1. The molecular formula is C45H49NO8. The van der Waals surface area contributed by atoms with Gasteiger partial charge in [-0.2, -0.15) is 0 Å². The maximum absolute atomic E-state index is 13.3. The molecule has 0 radical (unpaired) electrons. The third-order valence-corrected chi connectivity index (χ3v) is 10.5. The van der Waals surface area contributed by atoms with E-state index < -0.39 is 6.10 Å². The lowest BCUT2D eigenvalue weighted by molar-refractivity contribution is -0.121. The fraction of sp³-hybridized carbons (Fsp3) is 0.311. The molecule has 7 N–H and O–H groups in total. The number of fused-ring (bicyclic) bond motifs is 1. The number of ether oxygens (including phenoxy) is 2. The van der Waals surface area contributed by atoms with Crippen LogP contribution in [0.25, 0.3) is 0 Å². The molecule has 0 bridgehead atoms. The Morgan fingerprint density at radius 1 is 0.759 bits per heavy atom. The largest absolute Gasteiger partial charge is 0.508 e. The van der Waals surface area contributed by atoms with Crippen molar-refractivity contribution in [3.05, 3.63) is 143 Å². The van der Waals surface area contributed by atoms with E-state index in [-0.39, 0.29) is 90.6 Å². The number of aryl methyl sites for hydroxylation is 2. The molecule has 0 unspecified atom stereocenters. The van der Waals surface area contributed by atoms with Gasteiger partial charge in [0.05, 0.1) is 6.10 Å². The number of carbonyl (C=O) groups excluding carboxylic acids is 1. The Morgan fingerprint density at radius 2 is 1.48 bits per heavy atom. The molecular weight excluding hydrogens is 682 g/mol. The van der Waals surface area contributed by atoms with E-state index in [9.17, 15) is 30.3 Å². The Hall–Kier alpha value is -5.51. The molecule has 0 amide bonds. The summed E-state index contributed by atoms with van der Waals surface area (Å²) < 4.78 is 11.6. The van der Waals surface area contributed by atoms with Crippen molar-refractivity contribution in [2.24, 2.45) is 11.7 Å². The van der Waals surface area contributed by atoms with Crippen molar-refractivity contribution in [3.8, 4) is 34.5 Å². The smallest absolute Gasteiger partial charge is 0.200 e. The van der Waals surface area contributed by atoms with Gasteiger partial charge in [0.15, 0.2) is 23.0 Å². The minimum atomic E-state index is -0.960. The fourth-order valence-corrected chi connectivity index (χ4v) is 7.90. The molecule has 9 nitrogen and oxygen atoms in total.